The first-order valence-corrected chi connectivity index (χ1v) is 13.1. The van der Waals surface area contributed by atoms with Crippen LogP contribution in [0.3, 0.4) is 0 Å². The molecule has 196 valence electrons. The maximum Gasteiger partial charge on any atom is 0.171 e. The van der Waals surface area contributed by atoms with Crippen LogP contribution in [-0.2, 0) is 19.5 Å². The van der Waals surface area contributed by atoms with E-state index in [-0.39, 0.29) is 18.9 Å². The summed E-state index contributed by atoms with van der Waals surface area (Å²) >= 11 is 0. The first-order valence-electron chi connectivity index (χ1n) is 13.1. The van der Waals surface area contributed by atoms with Crippen molar-refractivity contribution in [1.82, 2.24) is 34.5 Å². The van der Waals surface area contributed by atoms with Crippen LogP contribution in [0.1, 0.15) is 21.9 Å². The molecule has 0 spiro atoms. The number of nitrogens with zero attached hydrogens (tertiary/aromatic N) is 8. The van der Waals surface area contributed by atoms with E-state index < -0.39 is 0 Å². The monoisotopic (exact) mass is 514 g/mol. The standard InChI is InChI=1S/C28H31FN8O/c1-34-8-11-36(12-9-34)28-5-4-22(17-31-28)26(38)15-27-30-16-21-3-2-20(14-24(21)33-27)23-18-32-37-13-10-35(7-6-29)19-25(23)37/h2-5,14,16-18H,6-13,15,19H2,1H3. The molecule has 0 N–H and O–H groups in total. The summed E-state index contributed by atoms with van der Waals surface area (Å²) in [5.74, 6) is 1.32. The van der Waals surface area contributed by atoms with Crippen molar-refractivity contribution >= 4 is 22.5 Å². The molecule has 38 heavy (non-hydrogen) atoms. The lowest BCUT2D eigenvalue weighted by Crippen LogP contribution is -2.44. The van der Waals surface area contributed by atoms with E-state index in [1.807, 2.05) is 41.2 Å². The fourth-order valence-electron chi connectivity index (χ4n) is 5.18. The van der Waals surface area contributed by atoms with Crippen molar-refractivity contribution in [2.24, 2.45) is 0 Å². The average Bonchev–Trinajstić information content (AvgIpc) is 3.37. The van der Waals surface area contributed by atoms with Crippen molar-refractivity contribution in [3.05, 3.63) is 66.0 Å². The Labute approximate surface area is 220 Å². The largest absolute Gasteiger partial charge is 0.354 e. The van der Waals surface area contributed by atoms with Gasteiger partial charge in [0.15, 0.2) is 5.78 Å². The molecule has 1 fully saturated rings. The van der Waals surface area contributed by atoms with Crippen LogP contribution in [0, 0.1) is 0 Å². The number of alkyl halides is 1. The summed E-state index contributed by atoms with van der Waals surface area (Å²) < 4.78 is 14.9. The number of fused-ring (bicyclic) bond motifs is 2. The van der Waals surface area contributed by atoms with Crippen molar-refractivity contribution in [2.75, 3.05) is 57.9 Å². The highest BCUT2D eigenvalue weighted by Gasteiger charge is 2.21. The van der Waals surface area contributed by atoms with Gasteiger partial charge in [0.2, 0.25) is 0 Å². The summed E-state index contributed by atoms with van der Waals surface area (Å²) in [5, 5.41) is 5.45. The number of rotatable bonds is 7. The Balaban J connectivity index is 1.19. The topological polar surface area (TPSA) is 83.3 Å². The lowest BCUT2D eigenvalue weighted by atomic mass is 10.0. The number of carbonyl (C=O) groups is 1. The Hall–Kier alpha value is -3.76. The fourth-order valence-corrected chi connectivity index (χ4v) is 5.18. The molecule has 0 bridgehead atoms. The molecule has 0 aliphatic carbocycles. The van der Waals surface area contributed by atoms with Crippen LogP contribution in [0.5, 0.6) is 0 Å². The highest BCUT2D eigenvalue weighted by molar-refractivity contribution is 5.97. The van der Waals surface area contributed by atoms with Crippen LogP contribution in [0.2, 0.25) is 0 Å². The summed E-state index contributed by atoms with van der Waals surface area (Å²) in [7, 11) is 2.12. The van der Waals surface area contributed by atoms with Gasteiger partial charge in [-0.25, -0.2) is 19.3 Å². The number of hydrogen-bond donors (Lipinski definition) is 0. The first-order chi connectivity index (χ1) is 18.6. The molecule has 2 aliphatic heterocycles. The van der Waals surface area contributed by atoms with Gasteiger partial charge in [0.1, 0.15) is 18.3 Å². The number of ketones is 1. The summed E-state index contributed by atoms with van der Waals surface area (Å²) in [6.45, 7) is 6.17. The van der Waals surface area contributed by atoms with E-state index in [4.69, 9.17) is 4.98 Å². The van der Waals surface area contributed by atoms with Crippen molar-refractivity contribution in [3.8, 4) is 11.1 Å². The lowest BCUT2D eigenvalue weighted by Gasteiger charge is -2.33. The van der Waals surface area contributed by atoms with Gasteiger partial charge in [-0.05, 0) is 30.8 Å². The molecule has 2 aliphatic rings. The highest BCUT2D eigenvalue weighted by atomic mass is 19.1. The summed E-state index contributed by atoms with van der Waals surface area (Å²) in [5.41, 5.74) is 4.45. The van der Waals surface area contributed by atoms with Crippen LogP contribution in [0.15, 0.2) is 48.9 Å². The predicted octanol–water partition coefficient (Wildman–Crippen LogP) is 2.85. The molecule has 6 rings (SSSR count). The fraction of sp³-hybridized carbons (Fsp3) is 0.393. The van der Waals surface area contributed by atoms with Gasteiger partial charge in [-0.1, -0.05) is 12.1 Å². The Morgan fingerprint density at radius 2 is 1.84 bits per heavy atom. The number of aromatic nitrogens is 5. The minimum absolute atomic E-state index is 0.0587. The second-order valence-electron chi connectivity index (χ2n) is 10.0. The van der Waals surface area contributed by atoms with Crippen molar-refractivity contribution in [2.45, 2.75) is 19.5 Å². The lowest BCUT2D eigenvalue weighted by molar-refractivity contribution is 0.0990. The molecule has 1 aromatic carbocycles. The smallest absolute Gasteiger partial charge is 0.171 e. The van der Waals surface area contributed by atoms with E-state index in [9.17, 15) is 9.18 Å². The zero-order valence-electron chi connectivity index (χ0n) is 21.6. The molecule has 9 nitrogen and oxygen atoms in total. The van der Waals surface area contributed by atoms with Gasteiger partial charge in [0.25, 0.3) is 0 Å². The quantitative estimate of drug-likeness (QED) is 0.348. The molecule has 5 heterocycles. The number of benzene rings is 1. The van der Waals surface area contributed by atoms with E-state index in [1.165, 1.54) is 0 Å². The molecule has 10 heteroatoms. The Kier molecular flexibility index (Phi) is 6.82. The third kappa shape index (κ3) is 5.01. The first kappa shape index (κ1) is 24.6. The number of anilines is 1. The molecule has 0 unspecified atom stereocenters. The van der Waals surface area contributed by atoms with Crippen LogP contribution < -0.4 is 4.90 Å². The molecule has 1 saturated heterocycles. The number of Topliss-reactive ketones (excluding diaryl/α,β-unsaturated/α-hetero) is 1. The number of halogens is 1. The van der Waals surface area contributed by atoms with Gasteiger partial charge in [0.05, 0.1) is 30.4 Å². The normalized spacial score (nSPS) is 16.6. The summed E-state index contributed by atoms with van der Waals surface area (Å²) in [6.07, 6.45) is 5.40. The number of piperazine rings is 1. The van der Waals surface area contributed by atoms with E-state index in [1.54, 1.807) is 12.4 Å². The molecular formula is C28H31FN8O. The maximum absolute atomic E-state index is 13.0. The van der Waals surface area contributed by atoms with Gasteiger partial charge in [0, 0.05) is 74.7 Å². The average molecular weight is 515 g/mol. The van der Waals surface area contributed by atoms with Crippen molar-refractivity contribution in [1.29, 1.82) is 0 Å². The Bertz CT molecular complexity index is 1450. The second kappa shape index (κ2) is 10.5. The van der Waals surface area contributed by atoms with Crippen LogP contribution in [0.4, 0.5) is 10.2 Å². The van der Waals surface area contributed by atoms with Gasteiger partial charge in [-0.15, -0.1) is 0 Å². The highest BCUT2D eigenvalue weighted by Crippen LogP contribution is 2.29. The van der Waals surface area contributed by atoms with Crippen LogP contribution in [-0.4, -0.2) is 93.3 Å². The van der Waals surface area contributed by atoms with E-state index >= 15 is 0 Å². The molecule has 3 aromatic heterocycles. The zero-order valence-corrected chi connectivity index (χ0v) is 21.6. The second-order valence-corrected chi connectivity index (χ2v) is 10.0. The van der Waals surface area contributed by atoms with Crippen molar-refractivity contribution in [3.63, 3.8) is 0 Å². The molecule has 0 atom stereocenters. The minimum Gasteiger partial charge on any atom is -0.354 e. The van der Waals surface area contributed by atoms with E-state index in [0.29, 0.717) is 24.5 Å². The minimum atomic E-state index is -0.353. The van der Waals surface area contributed by atoms with Crippen LogP contribution in [0.25, 0.3) is 22.0 Å². The molecule has 4 aromatic rings. The number of carbonyl (C=O) groups excluding carboxylic acids is 1. The molecule has 0 radical (unpaired) electrons. The van der Waals surface area contributed by atoms with Crippen molar-refractivity contribution < 1.29 is 9.18 Å². The third-order valence-corrected chi connectivity index (χ3v) is 7.51. The third-order valence-electron chi connectivity index (χ3n) is 7.51. The SMILES string of the molecule is CN1CCN(c2ccc(C(=O)Cc3ncc4ccc(-c5cnn6c5CN(CCF)CC6)cc4n3)cn2)CC1. The Morgan fingerprint density at radius 1 is 0.974 bits per heavy atom. The van der Waals surface area contributed by atoms with Gasteiger partial charge < -0.3 is 9.80 Å². The van der Waals surface area contributed by atoms with Gasteiger partial charge in [-0.2, -0.15) is 5.10 Å². The molecule has 0 saturated carbocycles. The summed E-state index contributed by atoms with van der Waals surface area (Å²) in [4.78, 5) is 33.3. The maximum atomic E-state index is 13.0. The zero-order chi connectivity index (χ0) is 26.1. The summed E-state index contributed by atoms with van der Waals surface area (Å²) in [6, 6.07) is 9.81. The predicted molar refractivity (Wildman–Crippen MR) is 144 cm³/mol. The van der Waals surface area contributed by atoms with Gasteiger partial charge >= 0.3 is 0 Å². The van der Waals surface area contributed by atoms with E-state index in [2.05, 4.69) is 36.8 Å². The number of hydrogen-bond acceptors (Lipinski definition) is 8. The van der Waals surface area contributed by atoms with Gasteiger partial charge in [-0.3, -0.25) is 14.4 Å². The Morgan fingerprint density at radius 3 is 2.63 bits per heavy atom. The van der Waals surface area contributed by atoms with Crippen LogP contribution >= 0.6 is 0 Å². The number of likely N-dealkylation sites (N-methyl/N-ethyl adjacent to an activating group) is 1. The molecule has 0 amide bonds. The number of pyridine rings is 1. The van der Waals surface area contributed by atoms with E-state index in [0.717, 1.165) is 72.8 Å². The molecular weight excluding hydrogens is 483 g/mol.